The van der Waals surface area contributed by atoms with Crippen LogP contribution in [-0.2, 0) is 4.79 Å². The summed E-state index contributed by atoms with van der Waals surface area (Å²) >= 11 is 0. The zero-order valence-electron chi connectivity index (χ0n) is 14.4. The first kappa shape index (κ1) is 17.2. The fourth-order valence-corrected chi connectivity index (χ4v) is 3.43. The van der Waals surface area contributed by atoms with Crippen molar-refractivity contribution in [2.75, 3.05) is 50.8 Å². The van der Waals surface area contributed by atoms with E-state index in [4.69, 9.17) is 5.11 Å². The first-order chi connectivity index (χ1) is 11.7. The van der Waals surface area contributed by atoms with Gasteiger partial charge >= 0.3 is 0 Å². The van der Waals surface area contributed by atoms with Gasteiger partial charge in [-0.2, -0.15) is 0 Å². The lowest BCUT2D eigenvalue weighted by Crippen LogP contribution is -2.41. The van der Waals surface area contributed by atoms with E-state index in [0.29, 0.717) is 19.0 Å². The van der Waals surface area contributed by atoms with Crippen LogP contribution in [0, 0.1) is 11.8 Å². The minimum absolute atomic E-state index is 0.0854. The molecule has 2 N–H and O–H groups in total. The van der Waals surface area contributed by atoms with Gasteiger partial charge in [0.1, 0.15) is 0 Å². The molecule has 2 aliphatic rings. The summed E-state index contributed by atoms with van der Waals surface area (Å²) in [6.07, 6.45) is 3.65. The third-order valence-electron chi connectivity index (χ3n) is 4.99. The lowest BCUT2D eigenvalue weighted by atomic mass is 10.1. The summed E-state index contributed by atoms with van der Waals surface area (Å²) < 4.78 is 0. The van der Waals surface area contributed by atoms with E-state index in [0.717, 1.165) is 38.5 Å². The van der Waals surface area contributed by atoms with Crippen molar-refractivity contribution in [1.29, 1.82) is 0 Å². The topological polar surface area (TPSA) is 55.8 Å². The molecule has 1 aliphatic carbocycles. The van der Waals surface area contributed by atoms with Crippen LogP contribution in [0.4, 0.5) is 5.69 Å². The molecule has 1 aliphatic heterocycles. The monoisotopic (exact) mass is 331 g/mol. The molecule has 0 unspecified atom stereocenters. The molecule has 1 aromatic rings. The standard InChI is InChI=1S/C19H29N3O2/c23-11-10-21(13-16-6-7-16)15-19(24)20-12-17-8-9-22(14-17)18-4-2-1-3-5-18/h1-5,16-17,23H,6-15H2,(H,20,24)/t17-/m1/s1. The van der Waals surface area contributed by atoms with Gasteiger partial charge in [0.25, 0.3) is 0 Å². The molecule has 1 atom stereocenters. The maximum Gasteiger partial charge on any atom is 0.234 e. The number of amides is 1. The average molecular weight is 331 g/mol. The number of hydrogen-bond acceptors (Lipinski definition) is 4. The summed E-state index contributed by atoms with van der Waals surface area (Å²) in [6.45, 7) is 4.88. The highest BCUT2D eigenvalue weighted by atomic mass is 16.3. The van der Waals surface area contributed by atoms with Gasteiger partial charge in [-0.3, -0.25) is 9.69 Å². The van der Waals surface area contributed by atoms with Crippen molar-refractivity contribution in [3.63, 3.8) is 0 Å². The van der Waals surface area contributed by atoms with E-state index < -0.39 is 0 Å². The van der Waals surface area contributed by atoms with Crippen LogP contribution in [0.25, 0.3) is 0 Å². The van der Waals surface area contributed by atoms with Crippen LogP contribution in [0.2, 0.25) is 0 Å². The second-order valence-electron chi connectivity index (χ2n) is 7.14. The van der Waals surface area contributed by atoms with E-state index in [1.54, 1.807) is 0 Å². The van der Waals surface area contributed by atoms with Gasteiger partial charge in [0.2, 0.25) is 5.91 Å². The number of nitrogens with zero attached hydrogens (tertiary/aromatic N) is 2. The van der Waals surface area contributed by atoms with Crippen LogP contribution in [0.3, 0.4) is 0 Å². The largest absolute Gasteiger partial charge is 0.395 e. The molecular weight excluding hydrogens is 302 g/mol. The molecule has 24 heavy (non-hydrogen) atoms. The zero-order chi connectivity index (χ0) is 16.8. The molecule has 1 saturated heterocycles. The van der Waals surface area contributed by atoms with Crippen molar-refractivity contribution in [3.05, 3.63) is 30.3 Å². The van der Waals surface area contributed by atoms with Gasteiger partial charge in [0.15, 0.2) is 0 Å². The molecule has 0 aromatic heterocycles. The van der Waals surface area contributed by atoms with Crippen LogP contribution in [0.5, 0.6) is 0 Å². The van der Waals surface area contributed by atoms with E-state index in [-0.39, 0.29) is 12.5 Å². The normalized spacial score (nSPS) is 20.6. The second-order valence-corrected chi connectivity index (χ2v) is 7.14. The lowest BCUT2D eigenvalue weighted by molar-refractivity contribution is -0.122. The van der Waals surface area contributed by atoms with Gasteiger partial charge in [-0.1, -0.05) is 18.2 Å². The highest BCUT2D eigenvalue weighted by Crippen LogP contribution is 2.29. The maximum absolute atomic E-state index is 12.2. The number of nitrogens with one attached hydrogen (secondary N) is 1. The Bertz CT molecular complexity index is 519. The molecular formula is C19H29N3O2. The second kappa shape index (κ2) is 8.49. The van der Waals surface area contributed by atoms with E-state index >= 15 is 0 Å². The highest BCUT2D eigenvalue weighted by Gasteiger charge is 2.26. The van der Waals surface area contributed by atoms with Crippen LogP contribution >= 0.6 is 0 Å². The summed E-state index contributed by atoms with van der Waals surface area (Å²) in [5.74, 6) is 1.34. The number of aliphatic hydroxyl groups excluding tert-OH is 1. The molecule has 0 spiro atoms. The summed E-state index contributed by atoms with van der Waals surface area (Å²) in [6, 6.07) is 10.5. The van der Waals surface area contributed by atoms with Crippen molar-refractivity contribution in [2.24, 2.45) is 11.8 Å². The van der Waals surface area contributed by atoms with Gasteiger partial charge in [-0.25, -0.2) is 0 Å². The highest BCUT2D eigenvalue weighted by molar-refractivity contribution is 5.78. The number of carbonyl (C=O) groups excluding carboxylic acids is 1. The Morgan fingerprint density at radius 2 is 2.00 bits per heavy atom. The summed E-state index contributed by atoms with van der Waals surface area (Å²) in [7, 11) is 0. The molecule has 0 bridgehead atoms. The maximum atomic E-state index is 12.2. The van der Waals surface area contributed by atoms with E-state index in [1.807, 2.05) is 6.07 Å². The van der Waals surface area contributed by atoms with Gasteiger partial charge in [0, 0.05) is 38.4 Å². The molecule has 0 radical (unpaired) electrons. The minimum atomic E-state index is 0.0854. The van der Waals surface area contributed by atoms with Crippen molar-refractivity contribution >= 4 is 11.6 Å². The lowest BCUT2D eigenvalue weighted by Gasteiger charge is -2.21. The van der Waals surface area contributed by atoms with Crippen molar-refractivity contribution in [2.45, 2.75) is 19.3 Å². The average Bonchev–Trinajstić information content (AvgIpc) is 3.28. The van der Waals surface area contributed by atoms with Crippen LogP contribution < -0.4 is 10.2 Å². The molecule has 1 amide bonds. The van der Waals surface area contributed by atoms with Gasteiger partial charge in [-0.05, 0) is 43.2 Å². The van der Waals surface area contributed by atoms with Crippen molar-refractivity contribution < 1.29 is 9.90 Å². The van der Waals surface area contributed by atoms with Crippen LogP contribution in [0.1, 0.15) is 19.3 Å². The Morgan fingerprint density at radius 3 is 2.71 bits per heavy atom. The van der Waals surface area contributed by atoms with Crippen LogP contribution in [0.15, 0.2) is 30.3 Å². The third-order valence-corrected chi connectivity index (χ3v) is 4.99. The Kier molecular flexibility index (Phi) is 6.10. The predicted octanol–water partition coefficient (Wildman–Crippen LogP) is 1.33. The van der Waals surface area contributed by atoms with E-state index in [9.17, 15) is 4.79 Å². The zero-order valence-corrected chi connectivity index (χ0v) is 14.4. The fraction of sp³-hybridized carbons (Fsp3) is 0.632. The summed E-state index contributed by atoms with van der Waals surface area (Å²) in [5.41, 5.74) is 1.27. The van der Waals surface area contributed by atoms with E-state index in [2.05, 4.69) is 39.4 Å². The fourth-order valence-electron chi connectivity index (χ4n) is 3.43. The molecule has 132 valence electrons. The molecule has 1 aromatic carbocycles. The predicted molar refractivity (Wildman–Crippen MR) is 96.0 cm³/mol. The SMILES string of the molecule is O=C(CN(CCO)CC1CC1)NC[C@H]1CCN(c2ccccc2)C1. The quantitative estimate of drug-likeness (QED) is 0.717. The third kappa shape index (κ3) is 5.21. The Labute approximate surface area is 144 Å². The number of aliphatic hydroxyl groups is 1. The summed E-state index contributed by atoms with van der Waals surface area (Å²) in [5, 5.41) is 12.2. The number of para-hydroxylation sites is 1. The Hall–Kier alpha value is -1.59. The molecule has 1 saturated carbocycles. The molecule has 5 heteroatoms. The first-order valence-corrected chi connectivity index (χ1v) is 9.14. The van der Waals surface area contributed by atoms with Gasteiger partial charge in [0.05, 0.1) is 13.2 Å². The summed E-state index contributed by atoms with van der Waals surface area (Å²) in [4.78, 5) is 16.7. The molecule has 3 rings (SSSR count). The van der Waals surface area contributed by atoms with Gasteiger partial charge < -0.3 is 15.3 Å². The number of anilines is 1. The van der Waals surface area contributed by atoms with E-state index in [1.165, 1.54) is 18.5 Å². The van der Waals surface area contributed by atoms with Crippen molar-refractivity contribution in [1.82, 2.24) is 10.2 Å². The smallest absolute Gasteiger partial charge is 0.234 e. The number of benzene rings is 1. The van der Waals surface area contributed by atoms with Crippen molar-refractivity contribution in [3.8, 4) is 0 Å². The van der Waals surface area contributed by atoms with Crippen LogP contribution in [-0.4, -0.2) is 61.8 Å². The molecule has 1 heterocycles. The Morgan fingerprint density at radius 1 is 1.21 bits per heavy atom. The number of rotatable bonds is 9. The van der Waals surface area contributed by atoms with Gasteiger partial charge in [-0.15, -0.1) is 0 Å². The number of hydrogen-bond donors (Lipinski definition) is 2. The minimum Gasteiger partial charge on any atom is -0.395 e. The first-order valence-electron chi connectivity index (χ1n) is 9.14. The Balaban J connectivity index is 1.38. The molecule has 5 nitrogen and oxygen atoms in total. The molecule has 2 fully saturated rings. The number of carbonyl (C=O) groups is 1.